The molecule has 0 aliphatic heterocycles. The first-order chi connectivity index (χ1) is 4.75. The van der Waals surface area contributed by atoms with Crippen molar-refractivity contribution in [3.63, 3.8) is 0 Å². The summed E-state index contributed by atoms with van der Waals surface area (Å²) in [5.74, 6) is -0.729. The summed E-state index contributed by atoms with van der Waals surface area (Å²) in [5.41, 5.74) is 0. The molecular weight excluding hydrogens is 142 g/mol. The maximum absolute atomic E-state index is 10.0. The number of hydrogen-bond donors (Lipinski definition) is 0. The molecule has 0 radical (unpaired) electrons. The third-order valence-corrected chi connectivity index (χ3v) is 0.809. The molecule has 7 heteroatoms. The fourth-order valence-corrected chi connectivity index (χ4v) is 0.416. The van der Waals surface area contributed by atoms with Gasteiger partial charge in [-0.3, -0.25) is 0 Å². The number of hydrogen-bond acceptors (Lipinski definition) is 6. The van der Waals surface area contributed by atoms with Gasteiger partial charge in [0.25, 0.3) is 0 Å². The van der Waals surface area contributed by atoms with E-state index in [1.54, 1.807) is 0 Å². The van der Waals surface area contributed by atoms with E-state index in [0.29, 0.717) is 0 Å². The molecule has 0 saturated heterocycles. The third-order valence-electron chi connectivity index (χ3n) is 0.809. The van der Waals surface area contributed by atoms with E-state index in [1.807, 2.05) is 0 Å². The zero-order valence-corrected chi connectivity index (χ0v) is 4.97. The number of rotatable bonds is 2. The van der Waals surface area contributed by atoms with E-state index in [1.165, 1.54) is 7.11 Å². The molecule has 0 atom stereocenters. The van der Waals surface area contributed by atoms with E-state index in [2.05, 4.69) is 19.7 Å². The van der Waals surface area contributed by atoms with Gasteiger partial charge in [0.05, 0.1) is 7.11 Å². The van der Waals surface area contributed by atoms with Gasteiger partial charge in [0.1, 0.15) is 0 Å². The second-order valence-electron chi connectivity index (χ2n) is 1.35. The van der Waals surface area contributed by atoms with Gasteiger partial charge in [-0.05, 0) is 4.92 Å². The monoisotopic (exact) mass is 145 g/mol. The first-order valence-corrected chi connectivity index (χ1v) is 2.26. The van der Waals surface area contributed by atoms with E-state index in [-0.39, 0.29) is 5.88 Å². The van der Waals surface area contributed by atoms with Crippen LogP contribution in [0.5, 0.6) is 5.88 Å². The summed E-state index contributed by atoms with van der Waals surface area (Å²) >= 11 is 0. The van der Waals surface area contributed by atoms with Gasteiger partial charge >= 0.3 is 11.7 Å². The van der Waals surface area contributed by atoms with E-state index < -0.39 is 10.7 Å². The Morgan fingerprint density at radius 2 is 2.40 bits per heavy atom. The molecule has 10 heavy (non-hydrogen) atoms. The minimum atomic E-state index is -0.741. The average molecular weight is 145 g/mol. The molecule has 0 saturated carbocycles. The number of aromatic nitrogens is 2. The van der Waals surface area contributed by atoms with Crippen molar-refractivity contribution in [1.29, 1.82) is 0 Å². The standard InChI is InChI=1S/C3H3N3O4/c1-9-3-2(6(7)8)4-10-5-3/h1H3. The second-order valence-corrected chi connectivity index (χ2v) is 1.35. The summed E-state index contributed by atoms with van der Waals surface area (Å²) in [6, 6.07) is 0. The van der Waals surface area contributed by atoms with Crippen molar-refractivity contribution >= 4 is 5.82 Å². The van der Waals surface area contributed by atoms with Crippen LogP contribution >= 0.6 is 0 Å². The van der Waals surface area contributed by atoms with Crippen molar-refractivity contribution in [2.24, 2.45) is 0 Å². The Balaban J connectivity index is 3.01. The van der Waals surface area contributed by atoms with Crippen LogP contribution in [0.25, 0.3) is 0 Å². The Morgan fingerprint density at radius 3 is 2.80 bits per heavy atom. The van der Waals surface area contributed by atoms with Gasteiger partial charge in [0.2, 0.25) is 0 Å². The molecule has 7 nitrogen and oxygen atoms in total. The molecule has 1 rings (SSSR count). The molecule has 0 spiro atoms. The van der Waals surface area contributed by atoms with E-state index in [0.717, 1.165) is 0 Å². The Hall–Kier alpha value is -1.66. The highest BCUT2D eigenvalue weighted by atomic mass is 16.7. The summed E-state index contributed by atoms with van der Waals surface area (Å²) in [7, 11) is 1.24. The number of nitrogens with zero attached hydrogens (tertiary/aromatic N) is 3. The van der Waals surface area contributed by atoms with E-state index >= 15 is 0 Å². The molecule has 0 N–H and O–H groups in total. The lowest BCUT2D eigenvalue weighted by Crippen LogP contribution is -1.91. The van der Waals surface area contributed by atoms with Gasteiger partial charge < -0.3 is 14.9 Å². The maximum atomic E-state index is 10.0. The highest BCUT2D eigenvalue weighted by molar-refractivity contribution is 5.28. The highest BCUT2D eigenvalue weighted by Crippen LogP contribution is 2.19. The molecule has 0 unspecified atom stereocenters. The predicted octanol–water partition coefficient (Wildman–Crippen LogP) is -0.0136. The van der Waals surface area contributed by atoms with Crippen molar-refractivity contribution in [1.82, 2.24) is 10.3 Å². The first kappa shape index (κ1) is 6.46. The summed E-state index contributed by atoms with van der Waals surface area (Å²) < 4.78 is 8.47. The number of methoxy groups -OCH3 is 1. The average Bonchev–Trinajstić information content (AvgIpc) is 2.33. The van der Waals surface area contributed by atoms with Crippen LogP contribution in [-0.4, -0.2) is 22.3 Å². The SMILES string of the molecule is COc1nonc1[N+](=O)[O-]. The van der Waals surface area contributed by atoms with Crippen molar-refractivity contribution < 1.29 is 14.3 Å². The van der Waals surface area contributed by atoms with Crippen LogP contribution in [0.2, 0.25) is 0 Å². The minimum absolute atomic E-state index is 0.218. The van der Waals surface area contributed by atoms with Gasteiger partial charge in [0.15, 0.2) is 5.16 Å². The molecule has 0 aliphatic carbocycles. The topological polar surface area (TPSA) is 91.3 Å². The van der Waals surface area contributed by atoms with Crippen molar-refractivity contribution in [2.75, 3.05) is 7.11 Å². The fourth-order valence-electron chi connectivity index (χ4n) is 0.416. The Kier molecular flexibility index (Phi) is 1.48. The molecular formula is C3H3N3O4. The third kappa shape index (κ3) is 0.879. The Bertz CT molecular complexity index is 244. The lowest BCUT2D eigenvalue weighted by atomic mass is 10.7. The van der Waals surface area contributed by atoms with Crippen LogP contribution in [0, 0.1) is 10.1 Å². The second kappa shape index (κ2) is 2.29. The van der Waals surface area contributed by atoms with Crippen molar-refractivity contribution in [3.8, 4) is 5.88 Å². The first-order valence-electron chi connectivity index (χ1n) is 2.26. The molecule has 0 aliphatic rings. The van der Waals surface area contributed by atoms with Crippen LogP contribution < -0.4 is 4.74 Å². The quantitative estimate of drug-likeness (QED) is 0.429. The smallest absolute Gasteiger partial charge is 0.473 e. The highest BCUT2D eigenvalue weighted by Gasteiger charge is 2.22. The number of ether oxygens (including phenoxy) is 1. The zero-order valence-electron chi connectivity index (χ0n) is 4.97. The van der Waals surface area contributed by atoms with Gasteiger partial charge in [-0.15, -0.1) is 4.63 Å². The van der Waals surface area contributed by atoms with Crippen molar-refractivity contribution in [3.05, 3.63) is 10.1 Å². The van der Waals surface area contributed by atoms with Gasteiger partial charge in [0, 0.05) is 5.16 Å². The lowest BCUT2D eigenvalue weighted by Gasteiger charge is -1.87. The molecule has 0 bridgehead atoms. The normalized spacial score (nSPS) is 9.30. The Labute approximate surface area is 54.7 Å². The number of nitro groups is 1. The van der Waals surface area contributed by atoms with E-state index in [9.17, 15) is 10.1 Å². The minimum Gasteiger partial charge on any atom is -0.473 e. The molecule has 0 amide bonds. The zero-order chi connectivity index (χ0) is 7.56. The molecule has 1 aromatic heterocycles. The summed E-state index contributed by atoms with van der Waals surface area (Å²) in [6.07, 6.45) is 0. The van der Waals surface area contributed by atoms with Gasteiger partial charge in [-0.25, -0.2) is 0 Å². The van der Waals surface area contributed by atoms with Crippen LogP contribution in [0.4, 0.5) is 5.82 Å². The Morgan fingerprint density at radius 1 is 1.70 bits per heavy atom. The fraction of sp³-hybridized carbons (Fsp3) is 0.333. The van der Waals surface area contributed by atoms with E-state index in [4.69, 9.17) is 0 Å². The largest absolute Gasteiger partial charge is 0.478 e. The van der Waals surface area contributed by atoms with Gasteiger partial charge in [-0.2, -0.15) is 0 Å². The molecule has 0 aromatic carbocycles. The van der Waals surface area contributed by atoms with Crippen LogP contribution in [0.1, 0.15) is 0 Å². The summed E-state index contributed by atoms with van der Waals surface area (Å²) in [4.78, 5) is 9.26. The van der Waals surface area contributed by atoms with Gasteiger partial charge in [-0.1, -0.05) is 0 Å². The molecule has 1 aromatic rings. The van der Waals surface area contributed by atoms with Crippen LogP contribution in [0.3, 0.4) is 0 Å². The summed E-state index contributed by atoms with van der Waals surface area (Å²) in [5, 5.41) is 16.1. The molecule has 1 heterocycles. The van der Waals surface area contributed by atoms with Crippen LogP contribution in [0.15, 0.2) is 4.63 Å². The lowest BCUT2D eigenvalue weighted by molar-refractivity contribution is -0.391. The summed E-state index contributed by atoms with van der Waals surface area (Å²) in [6.45, 7) is 0. The maximum Gasteiger partial charge on any atom is 0.478 e. The molecule has 54 valence electrons. The van der Waals surface area contributed by atoms with Crippen molar-refractivity contribution in [2.45, 2.75) is 0 Å². The van der Waals surface area contributed by atoms with Crippen LogP contribution in [-0.2, 0) is 0 Å². The molecule has 0 fully saturated rings. The predicted molar refractivity (Wildman–Crippen MR) is 27.5 cm³/mol.